The van der Waals surface area contributed by atoms with Gasteiger partial charge in [0.15, 0.2) is 11.6 Å². The summed E-state index contributed by atoms with van der Waals surface area (Å²) in [7, 11) is 0. The van der Waals surface area contributed by atoms with E-state index in [9.17, 15) is 13.6 Å². The summed E-state index contributed by atoms with van der Waals surface area (Å²) in [6, 6.07) is 3.64. The number of nitrogens with zero attached hydrogens (tertiary/aromatic N) is 1. The number of benzene rings is 1. The highest BCUT2D eigenvalue weighted by Crippen LogP contribution is 2.34. The van der Waals surface area contributed by atoms with Crippen molar-refractivity contribution in [3.63, 3.8) is 0 Å². The average molecular weight is 323 g/mol. The molecular formula is C19H27F2NO. The van der Waals surface area contributed by atoms with Gasteiger partial charge in [0.25, 0.3) is 5.91 Å². The van der Waals surface area contributed by atoms with Gasteiger partial charge in [0.2, 0.25) is 0 Å². The molecule has 0 aliphatic heterocycles. The molecule has 128 valence electrons. The van der Waals surface area contributed by atoms with Gasteiger partial charge >= 0.3 is 0 Å². The summed E-state index contributed by atoms with van der Waals surface area (Å²) < 4.78 is 26.6. The molecule has 1 saturated carbocycles. The molecule has 1 amide bonds. The summed E-state index contributed by atoms with van der Waals surface area (Å²) in [6.45, 7) is 7.11. The minimum absolute atomic E-state index is 0.178. The van der Waals surface area contributed by atoms with Crippen LogP contribution in [-0.2, 0) is 0 Å². The van der Waals surface area contributed by atoms with E-state index in [0.29, 0.717) is 18.4 Å². The Labute approximate surface area is 137 Å². The van der Waals surface area contributed by atoms with Crippen molar-refractivity contribution in [3.8, 4) is 0 Å². The van der Waals surface area contributed by atoms with Crippen molar-refractivity contribution in [1.29, 1.82) is 0 Å². The quantitative estimate of drug-likeness (QED) is 0.744. The number of rotatable bonds is 5. The van der Waals surface area contributed by atoms with E-state index in [-0.39, 0.29) is 17.5 Å². The number of halogens is 2. The molecule has 1 fully saturated rings. The van der Waals surface area contributed by atoms with Crippen LogP contribution in [-0.4, -0.2) is 23.4 Å². The van der Waals surface area contributed by atoms with Gasteiger partial charge in [0, 0.05) is 18.2 Å². The van der Waals surface area contributed by atoms with Gasteiger partial charge in [-0.05, 0) is 49.3 Å². The van der Waals surface area contributed by atoms with Crippen molar-refractivity contribution in [2.75, 3.05) is 6.54 Å². The molecular weight excluding hydrogens is 296 g/mol. The van der Waals surface area contributed by atoms with E-state index in [4.69, 9.17) is 0 Å². The highest BCUT2D eigenvalue weighted by molar-refractivity contribution is 5.94. The van der Waals surface area contributed by atoms with Gasteiger partial charge in [0.05, 0.1) is 0 Å². The van der Waals surface area contributed by atoms with Crippen molar-refractivity contribution < 1.29 is 13.6 Å². The molecule has 1 aromatic carbocycles. The maximum Gasteiger partial charge on any atom is 0.254 e. The minimum Gasteiger partial charge on any atom is -0.335 e. The topological polar surface area (TPSA) is 20.3 Å². The molecule has 0 unspecified atom stereocenters. The third-order valence-corrected chi connectivity index (χ3v) is 4.93. The lowest BCUT2D eigenvalue weighted by atomic mass is 9.77. The van der Waals surface area contributed by atoms with E-state index in [1.165, 1.54) is 12.5 Å². The largest absolute Gasteiger partial charge is 0.335 e. The molecule has 1 aromatic rings. The smallest absolute Gasteiger partial charge is 0.254 e. The van der Waals surface area contributed by atoms with E-state index in [1.54, 1.807) is 0 Å². The van der Waals surface area contributed by atoms with E-state index in [2.05, 4.69) is 13.8 Å². The van der Waals surface area contributed by atoms with Crippen LogP contribution in [0, 0.1) is 23.5 Å². The molecule has 2 rings (SSSR count). The Bertz CT molecular complexity index is 544. The zero-order chi connectivity index (χ0) is 17.0. The van der Waals surface area contributed by atoms with Crippen LogP contribution in [0.25, 0.3) is 0 Å². The third kappa shape index (κ3) is 4.10. The first-order valence-corrected chi connectivity index (χ1v) is 8.71. The molecule has 23 heavy (non-hydrogen) atoms. The normalized spacial score (nSPS) is 21.5. The summed E-state index contributed by atoms with van der Waals surface area (Å²) in [5.41, 5.74) is 0.241. The zero-order valence-electron chi connectivity index (χ0n) is 14.3. The molecule has 2 nitrogen and oxygen atoms in total. The monoisotopic (exact) mass is 323 g/mol. The molecule has 0 spiro atoms. The lowest BCUT2D eigenvalue weighted by Gasteiger charge is -2.42. The number of hydrogen-bond acceptors (Lipinski definition) is 1. The first-order chi connectivity index (χ1) is 11.0. The van der Waals surface area contributed by atoms with Crippen LogP contribution in [0.15, 0.2) is 18.2 Å². The van der Waals surface area contributed by atoms with Crippen molar-refractivity contribution in [2.24, 2.45) is 11.8 Å². The van der Waals surface area contributed by atoms with Crippen LogP contribution in [0.1, 0.15) is 63.2 Å². The Morgan fingerprint density at radius 2 is 1.91 bits per heavy atom. The summed E-state index contributed by atoms with van der Waals surface area (Å²) in [5.74, 6) is -1.07. The molecule has 0 heterocycles. The van der Waals surface area contributed by atoms with Gasteiger partial charge in [-0.1, -0.05) is 33.6 Å². The molecule has 0 saturated heterocycles. The Kier molecular flexibility index (Phi) is 6.14. The fraction of sp³-hybridized carbons (Fsp3) is 0.632. The Morgan fingerprint density at radius 3 is 2.52 bits per heavy atom. The highest BCUT2D eigenvalue weighted by atomic mass is 19.2. The van der Waals surface area contributed by atoms with Crippen LogP contribution < -0.4 is 0 Å². The lowest BCUT2D eigenvalue weighted by Crippen LogP contribution is -2.47. The first-order valence-electron chi connectivity index (χ1n) is 8.71. The maximum absolute atomic E-state index is 13.5. The highest BCUT2D eigenvalue weighted by Gasteiger charge is 2.34. The van der Waals surface area contributed by atoms with Crippen LogP contribution in [0.2, 0.25) is 0 Å². The Morgan fingerprint density at radius 1 is 1.22 bits per heavy atom. The molecule has 0 aromatic heterocycles. The van der Waals surface area contributed by atoms with Crippen molar-refractivity contribution in [3.05, 3.63) is 35.4 Å². The number of carbonyl (C=O) groups is 1. The molecule has 0 radical (unpaired) electrons. The van der Waals surface area contributed by atoms with Crippen LogP contribution >= 0.6 is 0 Å². The van der Waals surface area contributed by atoms with Gasteiger partial charge in [-0.2, -0.15) is 0 Å². The fourth-order valence-corrected chi connectivity index (χ4v) is 3.76. The van der Waals surface area contributed by atoms with Gasteiger partial charge in [-0.25, -0.2) is 8.78 Å². The molecule has 2 atom stereocenters. The van der Waals surface area contributed by atoms with Crippen molar-refractivity contribution >= 4 is 5.91 Å². The summed E-state index contributed by atoms with van der Waals surface area (Å²) in [6.07, 6.45) is 5.32. The second-order valence-corrected chi connectivity index (χ2v) is 6.89. The molecule has 4 heteroatoms. The Hall–Kier alpha value is -1.45. The van der Waals surface area contributed by atoms with E-state index < -0.39 is 11.6 Å². The van der Waals surface area contributed by atoms with Gasteiger partial charge < -0.3 is 4.90 Å². The van der Waals surface area contributed by atoms with Crippen LogP contribution in [0.4, 0.5) is 8.78 Å². The molecule has 1 aliphatic carbocycles. The molecule has 0 N–H and O–H groups in total. The summed E-state index contributed by atoms with van der Waals surface area (Å²) in [4.78, 5) is 14.8. The number of amides is 1. The maximum atomic E-state index is 13.5. The fourth-order valence-electron chi connectivity index (χ4n) is 3.76. The van der Waals surface area contributed by atoms with Gasteiger partial charge in [-0.3, -0.25) is 4.79 Å². The molecule has 0 bridgehead atoms. The number of hydrogen-bond donors (Lipinski definition) is 0. The SMILES string of the molecule is CCCN(C(=O)c1ccc(F)c(F)c1)[C@@H]1CCCC[C@H]1C(C)C. The Balaban J connectivity index is 2.28. The predicted molar refractivity (Wildman–Crippen MR) is 88.3 cm³/mol. The summed E-state index contributed by atoms with van der Waals surface area (Å²) in [5, 5.41) is 0. The second-order valence-electron chi connectivity index (χ2n) is 6.89. The van der Waals surface area contributed by atoms with E-state index in [1.807, 2.05) is 11.8 Å². The van der Waals surface area contributed by atoms with E-state index >= 15 is 0 Å². The summed E-state index contributed by atoms with van der Waals surface area (Å²) >= 11 is 0. The van der Waals surface area contributed by atoms with E-state index in [0.717, 1.165) is 37.8 Å². The average Bonchev–Trinajstić information content (AvgIpc) is 2.54. The second kappa shape index (κ2) is 7.89. The van der Waals surface area contributed by atoms with Gasteiger partial charge in [0.1, 0.15) is 0 Å². The van der Waals surface area contributed by atoms with Crippen LogP contribution in [0.5, 0.6) is 0 Å². The van der Waals surface area contributed by atoms with Crippen molar-refractivity contribution in [1.82, 2.24) is 4.90 Å². The standard InChI is InChI=1S/C19H27F2NO/c1-4-11-22(18-8-6-5-7-15(18)13(2)3)19(23)14-9-10-16(20)17(21)12-14/h9-10,12-13,15,18H,4-8,11H2,1-3H3/t15-,18+/m0/s1. The number of carbonyl (C=O) groups excluding carboxylic acids is 1. The third-order valence-electron chi connectivity index (χ3n) is 4.93. The molecule has 1 aliphatic rings. The predicted octanol–water partition coefficient (Wildman–Crippen LogP) is 5.03. The zero-order valence-corrected chi connectivity index (χ0v) is 14.3. The van der Waals surface area contributed by atoms with Crippen LogP contribution in [0.3, 0.4) is 0 Å². The first kappa shape index (κ1) is 17.9. The van der Waals surface area contributed by atoms with Crippen molar-refractivity contribution in [2.45, 2.75) is 58.9 Å². The lowest BCUT2D eigenvalue weighted by molar-refractivity contribution is 0.0467. The minimum atomic E-state index is -0.962. The van der Waals surface area contributed by atoms with Gasteiger partial charge in [-0.15, -0.1) is 0 Å².